The Morgan fingerprint density at radius 3 is 2.67 bits per heavy atom. The van der Waals surface area contributed by atoms with Gasteiger partial charge in [0, 0.05) is 55.7 Å². The number of carbonyl (C=O) groups is 1. The van der Waals surface area contributed by atoms with Crippen molar-refractivity contribution in [2.75, 3.05) is 16.8 Å². The van der Waals surface area contributed by atoms with E-state index in [0.29, 0.717) is 47.6 Å². The summed E-state index contributed by atoms with van der Waals surface area (Å²) in [4.78, 5) is 38.2. The SMILES string of the molecule is Cc1ccnc([C@H]2C[C@@H]2C(=O)Nc2cc(N3CC(O[Si](C)(C)C(C)(C)C)C[C@@H]3c3cn4cc(C5CC5)cnc4n3)ncn2)c1F. The number of imidazole rings is 1. The van der Waals surface area contributed by atoms with Crippen molar-refractivity contribution in [1.29, 1.82) is 0 Å². The maximum atomic E-state index is 14.6. The first-order chi connectivity index (χ1) is 21.4. The Kier molecular flexibility index (Phi) is 7.27. The van der Waals surface area contributed by atoms with Crippen LogP contribution >= 0.6 is 0 Å². The average Bonchev–Trinajstić information content (AvgIpc) is 3.90. The third kappa shape index (κ3) is 5.85. The van der Waals surface area contributed by atoms with Crippen molar-refractivity contribution in [1.82, 2.24) is 29.3 Å². The van der Waals surface area contributed by atoms with Gasteiger partial charge >= 0.3 is 0 Å². The van der Waals surface area contributed by atoms with E-state index in [2.05, 4.69) is 76.4 Å². The molecule has 1 amide bonds. The maximum absolute atomic E-state index is 14.6. The van der Waals surface area contributed by atoms with Crippen molar-refractivity contribution < 1.29 is 13.6 Å². The Morgan fingerprint density at radius 1 is 1.11 bits per heavy atom. The first-order valence-electron chi connectivity index (χ1n) is 15.9. The summed E-state index contributed by atoms with van der Waals surface area (Å²) in [6.45, 7) is 13.7. The highest BCUT2D eigenvalue weighted by atomic mass is 28.4. The van der Waals surface area contributed by atoms with Crippen molar-refractivity contribution in [3.8, 4) is 0 Å². The van der Waals surface area contributed by atoms with E-state index in [1.165, 1.54) is 24.7 Å². The van der Waals surface area contributed by atoms with E-state index < -0.39 is 8.32 Å². The number of hydrogen-bond donors (Lipinski definition) is 1. The number of aromatic nitrogens is 6. The molecule has 5 heterocycles. The van der Waals surface area contributed by atoms with Gasteiger partial charge in [-0.1, -0.05) is 20.8 Å². The number of fused-ring (bicyclic) bond motifs is 1. The number of anilines is 2. The fourth-order valence-corrected chi connectivity index (χ4v) is 7.47. The monoisotopic (exact) mass is 628 g/mol. The summed E-state index contributed by atoms with van der Waals surface area (Å²) in [5.74, 6) is 1.28. The molecule has 4 atom stereocenters. The summed E-state index contributed by atoms with van der Waals surface area (Å²) in [6, 6.07) is 3.36. The molecule has 10 nitrogen and oxygen atoms in total. The zero-order chi connectivity index (χ0) is 31.7. The molecule has 7 rings (SSSR count). The molecule has 0 aromatic carbocycles. The number of amides is 1. The molecular weight excluding hydrogens is 588 g/mol. The molecule has 1 saturated heterocycles. The second-order valence-corrected chi connectivity index (χ2v) is 19.2. The second kappa shape index (κ2) is 10.9. The molecule has 2 aliphatic carbocycles. The molecule has 4 aromatic heterocycles. The predicted molar refractivity (Wildman–Crippen MR) is 172 cm³/mol. The number of carbonyl (C=O) groups excluding carboxylic acids is 1. The summed E-state index contributed by atoms with van der Waals surface area (Å²) in [5, 5.41) is 3.02. The van der Waals surface area contributed by atoms with Crippen LogP contribution in [0.15, 0.2) is 43.2 Å². The van der Waals surface area contributed by atoms with Crippen molar-refractivity contribution in [2.24, 2.45) is 5.92 Å². The van der Waals surface area contributed by atoms with Crippen LogP contribution in [-0.2, 0) is 9.22 Å². The zero-order valence-electron chi connectivity index (χ0n) is 26.8. The van der Waals surface area contributed by atoms with E-state index >= 15 is 0 Å². The third-order valence-corrected chi connectivity index (χ3v) is 14.6. The molecule has 236 valence electrons. The van der Waals surface area contributed by atoms with Crippen LogP contribution in [0.1, 0.15) is 86.8 Å². The van der Waals surface area contributed by atoms with E-state index in [1.807, 2.05) is 16.7 Å². The van der Waals surface area contributed by atoms with E-state index in [4.69, 9.17) is 9.41 Å². The Morgan fingerprint density at radius 2 is 1.91 bits per heavy atom. The molecule has 12 heteroatoms. The van der Waals surface area contributed by atoms with E-state index in [-0.39, 0.29) is 40.7 Å². The van der Waals surface area contributed by atoms with Gasteiger partial charge in [-0.25, -0.2) is 24.3 Å². The lowest BCUT2D eigenvalue weighted by atomic mass is 10.1. The first-order valence-corrected chi connectivity index (χ1v) is 18.8. The van der Waals surface area contributed by atoms with Crippen LogP contribution < -0.4 is 10.2 Å². The highest BCUT2D eigenvalue weighted by Gasteiger charge is 2.47. The van der Waals surface area contributed by atoms with Gasteiger partial charge in [-0.05, 0) is 67.4 Å². The molecule has 45 heavy (non-hydrogen) atoms. The van der Waals surface area contributed by atoms with Crippen LogP contribution in [-0.4, -0.2) is 56.2 Å². The van der Waals surface area contributed by atoms with E-state index in [1.54, 1.807) is 19.2 Å². The quantitative estimate of drug-likeness (QED) is 0.226. The fourth-order valence-electron chi connectivity index (χ4n) is 6.12. The number of pyridine rings is 1. The lowest BCUT2D eigenvalue weighted by molar-refractivity contribution is -0.117. The lowest BCUT2D eigenvalue weighted by Crippen LogP contribution is -2.44. The average molecular weight is 629 g/mol. The molecule has 1 N–H and O–H groups in total. The van der Waals surface area contributed by atoms with Gasteiger partial charge in [-0.3, -0.25) is 14.2 Å². The topological polar surface area (TPSA) is 110 Å². The fraction of sp³-hybridized carbons (Fsp3) is 0.515. The molecule has 1 unspecified atom stereocenters. The van der Waals surface area contributed by atoms with Gasteiger partial charge in [-0.2, -0.15) is 0 Å². The highest BCUT2D eigenvalue weighted by molar-refractivity contribution is 6.74. The van der Waals surface area contributed by atoms with E-state index in [0.717, 1.165) is 12.1 Å². The van der Waals surface area contributed by atoms with Crippen LogP contribution in [0.2, 0.25) is 18.1 Å². The van der Waals surface area contributed by atoms with Gasteiger partial charge < -0.3 is 14.6 Å². The number of nitrogens with zero attached hydrogens (tertiary/aromatic N) is 7. The van der Waals surface area contributed by atoms with Crippen LogP contribution in [0.5, 0.6) is 0 Å². The number of rotatable bonds is 8. The normalized spacial score (nSPS) is 23.5. The minimum atomic E-state index is -2.04. The molecule has 4 aromatic rings. The third-order valence-electron chi connectivity index (χ3n) is 10.1. The zero-order valence-corrected chi connectivity index (χ0v) is 27.8. The van der Waals surface area contributed by atoms with Gasteiger partial charge in [0.25, 0.3) is 0 Å². The van der Waals surface area contributed by atoms with E-state index in [9.17, 15) is 9.18 Å². The van der Waals surface area contributed by atoms with Crippen molar-refractivity contribution >= 4 is 31.6 Å². The molecule has 0 spiro atoms. The smallest absolute Gasteiger partial charge is 0.234 e. The second-order valence-electron chi connectivity index (χ2n) is 14.5. The highest BCUT2D eigenvalue weighted by Crippen LogP contribution is 2.48. The van der Waals surface area contributed by atoms with Gasteiger partial charge in [0.05, 0.1) is 23.5 Å². The molecule has 0 bridgehead atoms. The Hall–Kier alpha value is -3.77. The molecule has 0 radical (unpaired) electrons. The minimum absolute atomic E-state index is 0.00681. The first kappa shape index (κ1) is 29.9. The van der Waals surface area contributed by atoms with Crippen molar-refractivity contribution in [3.05, 3.63) is 71.6 Å². The standard InChI is InChI=1S/C33H41FN8O2Si/c1-19-9-10-35-30(29(19)34)23-12-24(23)31(43)40-27-13-28(38-18-37-27)42-16-22(44-45(5,6)33(2,3)4)11-26(42)25-17-41-15-21(20-7-8-20)14-36-32(41)39-25/h9-10,13-15,17-18,20,22-24,26H,7-8,11-12,16H2,1-6H3,(H,37,38,40,43)/t22?,23-,24-,26+/m0/s1. The van der Waals surface area contributed by atoms with Crippen molar-refractivity contribution in [3.63, 3.8) is 0 Å². The number of halogens is 1. The molecule has 1 aliphatic heterocycles. The Balaban J connectivity index is 1.14. The molecular formula is C33H41FN8O2Si. The molecule has 2 saturated carbocycles. The van der Waals surface area contributed by atoms with Crippen LogP contribution in [0.25, 0.3) is 5.78 Å². The number of hydrogen-bond acceptors (Lipinski definition) is 8. The molecule has 3 fully saturated rings. The van der Waals surface area contributed by atoms with Crippen LogP contribution in [0, 0.1) is 18.7 Å². The van der Waals surface area contributed by atoms with Gasteiger partial charge in [-0.15, -0.1) is 0 Å². The Labute approximate surface area is 264 Å². The largest absolute Gasteiger partial charge is 0.412 e. The predicted octanol–water partition coefficient (Wildman–Crippen LogP) is 6.32. The summed E-state index contributed by atoms with van der Waals surface area (Å²) in [5.41, 5.74) is 3.06. The summed E-state index contributed by atoms with van der Waals surface area (Å²) >= 11 is 0. The molecule has 3 aliphatic rings. The van der Waals surface area contributed by atoms with Crippen LogP contribution in [0.3, 0.4) is 0 Å². The van der Waals surface area contributed by atoms with Gasteiger partial charge in [0.2, 0.25) is 11.7 Å². The Bertz CT molecular complexity index is 1770. The summed E-state index contributed by atoms with van der Waals surface area (Å²) < 4.78 is 23.6. The minimum Gasteiger partial charge on any atom is -0.412 e. The maximum Gasteiger partial charge on any atom is 0.234 e. The van der Waals surface area contributed by atoms with Crippen LogP contribution in [0.4, 0.5) is 16.0 Å². The van der Waals surface area contributed by atoms with Crippen molar-refractivity contribution in [2.45, 2.75) is 95.5 Å². The van der Waals surface area contributed by atoms with Gasteiger partial charge in [0.15, 0.2) is 8.32 Å². The lowest BCUT2D eigenvalue weighted by Gasteiger charge is -2.38. The summed E-state index contributed by atoms with van der Waals surface area (Å²) in [6.07, 6.45) is 13.0. The van der Waals surface area contributed by atoms with Gasteiger partial charge in [0.1, 0.15) is 23.8 Å². The summed E-state index contributed by atoms with van der Waals surface area (Å²) in [7, 11) is -2.04. The number of aryl methyl sites for hydroxylation is 1. The number of nitrogens with one attached hydrogen (secondary N) is 1.